The van der Waals surface area contributed by atoms with Crippen LogP contribution in [0.25, 0.3) is 11.3 Å². The van der Waals surface area contributed by atoms with E-state index in [0.717, 1.165) is 5.56 Å². The summed E-state index contributed by atoms with van der Waals surface area (Å²) in [5, 5.41) is 2.83. The van der Waals surface area contributed by atoms with Crippen molar-refractivity contribution in [1.82, 2.24) is 9.97 Å². The fourth-order valence-electron chi connectivity index (χ4n) is 3.17. The number of pyridine rings is 1. The maximum atomic E-state index is 13.9. The highest BCUT2D eigenvalue weighted by Gasteiger charge is 2.13. The zero-order chi connectivity index (χ0) is 23.0. The highest BCUT2D eigenvalue weighted by atomic mass is 19.1. The summed E-state index contributed by atoms with van der Waals surface area (Å²) >= 11 is 0. The van der Waals surface area contributed by atoms with Gasteiger partial charge in [-0.2, -0.15) is 0 Å². The van der Waals surface area contributed by atoms with Crippen molar-refractivity contribution in [1.29, 1.82) is 0 Å². The Kier molecular flexibility index (Phi) is 6.94. The number of amides is 1. The molecule has 168 valence electrons. The van der Waals surface area contributed by atoms with Gasteiger partial charge in [-0.05, 0) is 30.3 Å². The van der Waals surface area contributed by atoms with Gasteiger partial charge in [0.1, 0.15) is 12.4 Å². The number of hydrogen-bond donors (Lipinski definition) is 1. The third kappa shape index (κ3) is 5.74. The average molecular weight is 447 g/mol. The SMILES string of the molecule is COc1ccc(NC(=O)CCc2ncc(-c3ccccc3F)o2)cc1OCc1cccnc1. The number of hydrogen-bond acceptors (Lipinski definition) is 6. The largest absolute Gasteiger partial charge is 0.493 e. The van der Waals surface area contributed by atoms with Gasteiger partial charge in [-0.15, -0.1) is 0 Å². The lowest BCUT2D eigenvalue weighted by atomic mass is 10.2. The van der Waals surface area contributed by atoms with Gasteiger partial charge in [0, 0.05) is 42.6 Å². The first kappa shape index (κ1) is 22.0. The summed E-state index contributed by atoms with van der Waals surface area (Å²) in [6, 6.07) is 15.2. The first-order valence-corrected chi connectivity index (χ1v) is 10.3. The number of nitrogens with zero attached hydrogens (tertiary/aromatic N) is 2. The van der Waals surface area contributed by atoms with Crippen LogP contribution in [-0.4, -0.2) is 23.0 Å². The molecule has 0 unspecified atom stereocenters. The van der Waals surface area contributed by atoms with Crippen molar-refractivity contribution >= 4 is 11.6 Å². The summed E-state index contributed by atoms with van der Waals surface area (Å²) in [6.07, 6.45) is 5.30. The Morgan fingerprint density at radius 2 is 1.97 bits per heavy atom. The first-order valence-electron chi connectivity index (χ1n) is 10.3. The predicted octanol–water partition coefficient (Wildman–Crippen LogP) is 5.03. The number of methoxy groups -OCH3 is 1. The molecule has 4 aromatic rings. The molecule has 1 N–H and O–H groups in total. The van der Waals surface area contributed by atoms with Gasteiger partial charge in [0.2, 0.25) is 5.91 Å². The van der Waals surface area contributed by atoms with Crippen molar-refractivity contribution in [2.24, 2.45) is 0 Å². The lowest BCUT2D eigenvalue weighted by molar-refractivity contribution is -0.116. The summed E-state index contributed by atoms with van der Waals surface area (Å²) in [4.78, 5) is 20.7. The molecule has 0 aliphatic carbocycles. The molecule has 33 heavy (non-hydrogen) atoms. The van der Waals surface area contributed by atoms with Crippen molar-refractivity contribution in [2.75, 3.05) is 12.4 Å². The van der Waals surface area contributed by atoms with Crippen LogP contribution in [-0.2, 0) is 17.8 Å². The van der Waals surface area contributed by atoms with E-state index in [0.29, 0.717) is 41.0 Å². The number of carbonyl (C=O) groups is 1. The number of ether oxygens (including phenoxy) is 2. The van der Waals surface area contributed by atoms with E-state index in [2.05, 4.69) is 15.3 Å². The Morgan fingerprint density at radius 3 is 2.76 bits per heavy atom. The van der Waals surface area contributed by atoms with Crippen LogP contribution in [0.4, 0.5) is 10.1 Å². The molecule has 2 aromatic heterocycles. The smallest absolute Gasteiger partial charge is 0.224 e. The van der Waals surface area contributed by atoms with E-state index < -0.39 is 0 Å². The van der Waals surface area contributed by atoms with Crippen LogP contribution >= 0.6 is 0 Å². The molecule has 0 bridgehead atoms. The minimum Gasteiger partial charge on any atom is -0.493 e. The quantitative estimate of drug-likeness (QED) is 0.387. The molecule has 2 heterocycles. The Hall–Kier alpha value is -4.20. The summed E-state index contributed by atoms with van der Waals surface area (Å²) in [7, 11) is 1.55. The van der Waals surface area contributed by atoms with E-state index in [1.54, 1.807) is 55.9 Å². The van der Waals surface area contributed by atoms with E-state index in [1.807, 2.05) is 12.1 Å². The number of oxazole rings is 1. The fraction of sp³-hybridized carbons (Fsp3) is 0.160. The molecular weight excluding hydrogens is 425 g/mol. The normalized spacial score (nSPS) is 10.6. The van der Waals surface area contributed by atoms with Gasteiger partial charge in [-0.1, -0.05) is 18.2 Å². The van der Waals surface area contributed by atoms with Crippen LogP contribution in [0.1, 0.15) is 17.9 Å². The Balaban J connectivity index is 1.35. The van der Waals surface area contributed by atoms with Crippen molar-refractivity contribution in [2.45, 2.75) is 19.4 Å². The van der Waals surface area contributed by atoms with Gasteiger partial charge in [0.05, 0.1) is 18.9 Å². The average Bonchev–Trinajstić information content (AvgIpc) is 3.31. The monoisotopic (exact) mass is 447 g/mol. The Labute approximate surface area is 190 Å². The van der Waals surface area contributed by atoms with Gasteiger partial charge in [-0.25, -0.2) is 9.37 Å². The summed E-state index contributed by atoms with van der Waals surface area (Å²) < 4.78 is 30.7. The Bertz CT molecular complexity index is 1230. The maximum Gasteiger partial charge on any atom is 0.224 e. The number of aryl methyl sites for hydroxylation is 1. The molecule has 0 saturated heterocycles. The third-order valence-corrected chi connectivity index (χ3v) is 4.82. The fourth-order valence-corrected chi connectivity index (χ4v) is 3.17. The molecule has 0 atom stereocenters. The highest BCUT2D eigenvalue weighted by molar-refractivity contribution is 5.91. The molecule has 1 amide bonds. The highest BCUT2D eigenvalue weighted by Crippen LogP contribution is 2.31. The molecule has 0 fully saturated rings. The molecule has 2 aromatic carbocycles. The van der Waals surface area contributed by atoms with Crippen LogP contribution in [0.15, 0.2) is 77.6 Å². The van der Waals surface area contributed by atoms with Gasteiger partial charge in [-0.3, -0.25) is 9.78 Å². The second kappa shape index (κ2) is 10.4. The number of carbonyl (C=O) groups excluding carboxylic acids is 1. The van der Waals surface area contributed by atoms with E-state index in [9.17, 15) is 9.18 Å². The standard InChI is InChI=1S/C25H22FN3O4/c1-31-21-9-8-18(13-22(21)32-16-17-5-4-12-27-14-17)29-24(30)10-11-25-28-15-23(33-25)19-6-2-3-7-20(19)26/h2-9,12-15H,10-11,16H2,1H3,(H,29,30). The topological polar surface area (TPSA) is 86.5 Å². The van der Waals surface area contributed by atoms with Crippen LogP contribution in [0.2, 0.25) is 0 Å². The molecule has 0 aliphatic heterocycles. The zero-order valence-electron chi connectivity index (χ0n) is 18.0. The molecule has 0 aliphatic rings. The molecule has 0 spiro atoms. The second-order valence-electron chi connectivity index (χ2n) is 7.16. The first-order chi connectivity index (χ1) is 16.1. The lowest BCUT2D eigenvalue weighted by Crippen LogP contribution is -2.12. The number of aromatic nitrogens is 2. The molecular formula is C25H22FN3O4. The van der Waals surface area contributed by atoms with E-state index in [4.69, 9.17) is 13.9 Å². The Morgan fingerprint density at radius 1 is 1.09 bits per heavy atom. The van der Waals surface area contributed by atoms with E-state index in [-0.39, 0.29) is 24.6 Å². The molecule has 4 rings (SSSR count). The second-order valence-corrected chi connectivity index (χ2v) is 7.16. The van der Waals surface area contributed by atoms with Crippen LogP contribution < -0.4 is 14.8 Å². The number of nitrogens with one attached hydrogen (secondary N) is 1. The van der Waals surface area contributed by atoms with Crippen molar-refractivity contribution in [3.05, 3.63) is 90.5 Å². The predicted molar refractivity (Wildman–Crippen MR) is 120 cm³/mol. The summed E-state index contributed by atoms with van der Waals surface area (Å²) in [5.74, 6) is 1.13. The van der Waals surface area contributed by atoms with Crippen molar-refractivity contribution < 1.29 is 23.1 Å². The minimum atomic E-state index is -0.390. The molecule has 8 heteroatoms. The molecule has 0 radical (unpaired) electrons. The lowest BCUT2D eigenvalue weighted by Gasteiger charge is -2.13. The minimum absolute atomic E-state index is 0.148. The number of rotatable bonds is 9. The summed E-state index contributed by atoms with van der Waals surface area (Å²) in [6.45, 7) is 0.316. The number of anilines is 1. The van der Waals surface area contributed by atoms with Crippen LogP contribution in [0.3, 0.4) is 0 Å². The number of halogens is 1. The molecule has 0 saturated carbocycles. The van der Waals surface area contributed by atoms with Crippen molar-refractivity contribution in [3.8, 4) is 22.8 Å². The zero-order valence-corrected chi connectivity index (χ0v) is 18.0. The molecule has 7 nitrogen and oxygen atoms in total. The van der Waals surface area contributed by atoms with Gasteiger partial charge >= 0.3 is 0 Å². The van der Waals surface area contributed by atoms with Crippen LogP contribution in [0.5, 0.6) is 11.5 Å². The van der Waals surface area contributed by atoms with Crippen molar-refractivity contribution in [3.63, 3.8) is 0 Å². The third-order valence-electron chi connectivity index (χ3n) is 4.82. The van der Waals surface area contributed by atoms with E-state index >= 15 is 0 Å². The van der Waals surface area contributed by atoms with Crippen LogP contribution in [0, 0.1) is 5.82 Å². The van der Waals surface area contributed by atoms with Gasteiger partial charge in [0.25, 0.3) is 0 Å². The van der Waals surface area contributed by atoms with E-state index in [1.165, 1.54) is 12.3 Å². The van der Waals surface area contributed by atoms with Gasteiger partial charge in [0.15, 0.2) is 23.1 Å². The van der Waals surface area contributed by atoms with Gasteiger partial charge < -0.3 is 19.2 Å². The number of benzene rings is 2. The maximum absolute atomic E-state index is 13.9. The summed E-state index contributed by atoms with van der Waals surface area (Å²) in [5.41, 5.74) is 1.81.